The standard InChI is InChI=1S/C16H23N3O/c1-19(11-16(20)18-14-6-7-14)15-8-2-12(3-9-15)10-17-13-4-5-13/h2-3,8-9,13-14,17H,4-7,10-11H2,1H3,(H,18,20). The SMILES string of the molecule is CN(CC(=O)NC1CC1)c1ccc(CNC2CC2)cc1. The van der Waals surface area contributed by atoms with Crippen LogP contribution in [0.25, 0.3) is 0 Å². The Bertz CT molecular complexity index is 463. The summed E-state index contributed by atoms with van der Waals surface area (Å²) in [5.74, 6) is 0.120. The number of rotatable bonds is 7. The van der Waals surface area contributed by atoms with Gasteiger partial charge in [-0.1, -0.05) is 12.1 Å². The molecule has 0 saturated heterocycles. The van der Waals surface area contributed by atoms with Crippen LogP contribution in [0.1, 0.15) is 31.2 Å². The van der Waals surface area contributed by atoms with Crippen molar-refractivity contribution in [3.05, 3.63) is 29.8 Å². The van der Waals surface area contributed by atoms with Gasteiger partial charge in [-0.05, 0) is 43.4 Å². The lowest BCUT2D eigenvalue weighted by atomic mass is 10.2. The van der Waals surface area contributed by atoms with Crippen molar-refractivity contribution >= 4 is 11.6 Å². The number of nitrogens with one attached hydrogen (secondary N) is 2. The molecule has 2 fully saturated rings. The van der Waals surface area contributed by atoms with Gasteiger partial charge in [0.15, 0.2) is 0 Å². The monoisotopic (exact) mass is 273 g/mol. The summed E-state index contributed by atoms with van der Waals surface area (Å²) in [6, 6.07) is 9.64. The Morgan fingerprint density at radius 2 is 1.80 bits per heavy atom. The molecule has 1 aromatic carbocycles. The van der Waals surface area contributed by atoms with Crippen molar-refractivity contribution in [2.75, 3.05) is 18.5 Å². The zero-order chi connectivity index (χ0) is 13.9. The molecule has 20 heavy (non-hydrogen) atoms. The van der Waals surface area contributed by atoms with Crippen LogP contribution in [-0.4, -0.2) is 31.6 Å². The third-order valence-electron chi connectivity index (χ3n) is 3.87. The topological polar surface area (TPSA) is 44.4 Å². The maximum absolute atomic E-state index is 11.8. The molecular weight excluding hydrogens is 250 g/mol. The summed E-state index contributed by atoms with van der Waals surface area (Å²) < 4.78 is 0. The van der Waals surface area contributed by atoms with Crippen molar-refractivity contribution in [3.8, 4) is 0 Å². The minimum absolute atomic E-state index is 0.120. The molecule has 0 unspecified atom stereocenters. The van der Waals surface area contributed by atoms with Gasteiger partial charge in [-0.25, -0.2) is 0 Å². The fourth-order valence-corrected chi connectivity index (χ4v) is 2.23. The minimum atomic E-state index is 0.120. The fraction of sp³-hybridized carbons (Fsp3) is 0.562. The summed E-state index contributed by atoms with van der Waals surface area (Å²) in [6.45, 7) is 1.37. The van der Waals surface area contributed by atoms with Crippen molar-refractivity contribution in [3.63, 3.8) is 0 Å². The summed E-state index contributed by atoms with van der Waals surface area (Å²) in [5, 5.41) is 6.52. The zero-order valence-electron chi connectivity index (χ0n) is 12.1. The number of hydrogen-bond donors (Lipinski definition) is 2. The summed E-state index contributed by atoms with van der Waals surface area (Å²) in [6.07, 6.45) is 4.91. The largest absolute Gasteiger partial charge is 0.365 e. The Hall–Kier alpha value is -1.55. The van der Waals surface area contributed by atoms with Crippen molar-refractivity contribution in [1.82, 2.24) is 10.6 Å². The average Bonchev–Trinajstić information content (AvgIpc) is 3.31. The first-order chi connectivity index (χ1) is 9.70. The zero-order valence-corrected chi connectivity index (χ0v) is 12.1. The quantitative estimate of drug-likeness (QED) is 0.794. The molecule has 1 aromatic rings. The van der Waals surface area contributed by atoms with Crippen LogP contribution in [0.2, 0.25) is 0 Å². The molecule has 0 atom stereocenters. The van der Waals surface area contributed by atoms with Crippen molar-refractivity contribution < 1.29 is 4.79 Å². The first kappa shape index (κ1) is 13.4. The Morgan fingerprint density at radius 1 is 1.15 bits per heavy atom. The van der Waals surface area contributed by atoms with Gasteiger partial charge in [-0.15, -0.1) is 0 Å². The van der Waals surface area contributed by atoms with E-state index in [1.807, 2.05) is 11.9 Å². The number of carbonyl (C=O) groups is 1. The molecule has 4 nitrogen and oxygen atoms in total. The second-order valence-corrected chi connectivity index (χ2v) is 6.02. The molecule has 0 spiro atoms. The number of nitrogens with zero attached hydrogens (tertiary/aromatic N) is 1. The lowest BCUT2D eigenvalue weighted by Gasteiger charge is -2.19. The average molecular weight is 273 g/mol. The summed E-state index contributed by atoms with van der Waals surface area (Å²) in [4.78, 5) is 13.8. The highest BCUT2D eigenvalue weighted by Crippen LogP contribution is 2.20. The molecule has 108 valence electrons. The minimum Gasteiger partial charge on any atom is -0.365 e. The maximum atomic E-state index is 11.8. The van der Waals surface area contributed by atoms with Gasteiger partial charge in [0.25, 0.3) is 0 Å². The van der Waals surface area contributed by atoms with Gasteiger partial charge in [-0.2, -0.15) is 0 Å². The third-order valence-corrected chi connectivity index (χ3v) is 3.87. The smallest absolute Gasteiger partial charge is 0.239 e. The number of hydrogen-bond acceptors (Lipinski definition) is 3. The maximum Gasteiger partial charge on any atom is 0.239 e. The lowest BCUT2D eigenvalue weighted by molar-refractivity contribution is -0.119. The first-order valence-electron chi connectivity index (χ1n) is 7.53. The Kier molecular flexibility index (Phi) is 3.92. The van der Waals surface area contributed by atoms with Crippen LogP contribution in [0, 0.1) is 0 Å². The summed E-state index contributed by atoms with van der Waals surface area (Å²) in [7, 11) is 1.96. The lowest BCUT2D eigenvalue weighted by Crippen LogP contribution is -2.36. The second kappa shape index (κ2) is 5.83. The molecule has 4 heteroatoms. The molecule has 2 aliphatic rings. The van der Waals surface area contributed by atoms with Crippen LogP contribution >= 0.6 is 0 Å². The van der Waals surface area contributed by atoms with Gasteiger partial charge < -0.3 is 15.5 Å². The Labute approximate surface area is 120 Å². The summed E-state index contributed by atoms with van der Waals surface area (Å²) in [5.41, 5.74) is 2.39. The number of carbonyl (C=O) groups excluding carboxylic acids is 1. The molecule has 3 rings (SSSR count). The molecular formula is C16H23N3O. The van der Waals surface area contributed by atoms with Gasteiger partial charge >= 0.3 is 0 Å². The van der Waals surface area contributed by atoms with Crippen molar-refractivity contribution in [2.24, 2.45) is 0 Å². The molecule has 0 radical (unpaired) electrons. The van der Waals surface area contributed by atoms with Gasteiger partial charge in [0.05, 0.1) is 6.54 Å². The number of anilines is 1. The van der Waals surface area contributed by atoms with Gasteiger partial charge in [-0.3, -0.25) is 4.79 Å². The highest BCUT2D eigenvalue weighted by molar-refractivity contribution is 5.81. The van der Waals surface area contributed by atoms with E-state index < -0.39 is 0 Å². The van der Waals surface area contributed by atoms with E-state index in [4.69, 9.17) is 0 Å². The second-order valence-electron chi connectivity index (χ2n) is 6.02. The number of benzene rings is 1. The van der Waals surface area contributed by atoms with Crippen molar-refractivity contribution in [1.29, 1.82) is 0 Å². The number of amides is 1. The van der Waals surface area contributed by atoms with E-state index in [0.29, 0.717) is 12.6 Å². The predicted molar refractivity (Wildman–Crippen MR) is 80.7 cm³/mol. The van der Waals surface area contributed by atoms with Crippen LogP contribution < -0.4 is 15.5 Å². The van der Waals surface area contributed by atoms with E-state index >= 15 is 0 Å². The number of likely N-dealkylation sites (N-methyl/N-ethyl adjacent to an activating group) is 1. The van der Waals surface area contributed by atoms with E-state index in [2.05, 4.69) is 34.9 Å². The van der Waals surface area contributed by atoms with Gasteiger partial charge in [0.2, 0.25) is 5.91 Å². The normalized spacial score (nSPS) is 17.9. The molecule has 2 saturated carbocycles. The first-order valence-corrected chi connectivity index (χ1v) is 7.53. The molecule has 1 amide bonds. The van der Waals surface area contributed by atoms with E-state index in [1.165, 1.54) is 18.4 Å². The van der Waals surface area contributed by atoms with Crippen LogP contribution in [0.4, 0.5) is 5.69 Å². The third kappa shape index (κ3) is 3.97. The van der Waals surface area contributed by atoms with E-state index in [-0.39, 0.29) is 5.91 Å². The van der Waals surface area contributed by atoms with Crippen molar-refractivity contribution in [2.45, 2.75) is 44.3 Å². The Morgan fingerprint density at radius 3 is 2.40 bits per heavy atom. The Balaban J connectivity index is 1.48. The van der Waals surface area contributed by atoms with Gasteiger partial charge in [0, 0.05) is 31.4 Å². The highest BCUT2D eigenvalue weighted by atomic mass is 16.2. The predicted octanol–water partition coefficient (Wildman–Crippen LogP) is 1.65. The molecule has 0 aliphatic heterocycles. The van der Waals surface area contributed by atoms with Crippen LogP contribution in [-0.2, 0) is 11.3 Å². The van der Waals surface area contributed by atoms with E-state index in [9.17, 15) is 4.79 Å². The highest BCUT2D eigenvalue weighted by Gasteiger charge is 2.23. The van der Waals surface area contributed by atoms with E-state index in [1.54, 1.807) is 0 Å². The van der Waals surface area contributed by atoms with Crippen LogP contribution in [0.3, 0.4) is 0 Å². The van der Waals surface area contributed by atoms with E-state index in [0.717, 1.165) is 31.1 Å². The molecule has 0 bridgehead atoms. The molecule has 2 N–H and O–H groups in total. The summed E-state index contributed by atoms with van der Waals surface area (Å²) >= 11 is 0. The molecule has 0 aromatic heterocycles. The van der Waals surface area contributed by atoms with Crippen LogP contribution in [0.5, 0.6) is 0 Å². The van der Waals surface area contributed by atoms with Gasteiger partial charge in [0.1, 0.15) is 0 Å². The van der Waals surface area contributed by atoms with Crippen LogP contribution in [0.15, 0.2) is 24.3 Å². The molecule has 0 heterocycles. The molecule has 2 aliphatic carbocycles. The fourth-order valence-electron chi connectivity index (χ4n) is 2.23.